The lowest BCUT2D eigenvalue weighted by Gasteiger charge is -1.95. The molecule has 1 aromatic carbocycles. The molecule has 2 nitrogen and oxygen atoms in total. The van der Waals surface area contributed by atoms with Crippen LogP contribution in [0.15, 0.2) is 47.2 Å². The molecule has 0 unspecified atom stereocenters. The average Bonchev–Trinajstić information content (AvgIpc) is 2.73. The van der Waals surface area contributed by atoms with Gasteiger partial charge in [-0.2, -0.15) is 0 Å². The van der Waals surface area contributed by atoms with Gasteiger partial charge in [0.2, 0.25) is 0 Å². The van der Waals surface area contributed by atoms with E-state index in [-0.39, 0.29) is 0 Å². The van der Waals surface area contributed by atoms with Gasteiger partial charge >= 0.3 is 0 Å². The number of rotatable bonds is 1. The highest BCUT2D eigenvalue weighted by Gasteiger charge is 2.08. The molecule has 0 saturated carbocycles. The lowest BCUT2D eigenvalue weighted by molar-refractivity contribution is 1.19. The molecule has 3 rings (SSSR count). The molecule has 5 heteroatoms. The van der Waals surface area contributed by atoms with E-state index in [9.17, 15) is 0 Å². The van der Waals surface area contributed by atoms with Gasteiger partial charge in [-0.1, -0.05) is 51.3 Å². The summed E-state index contributed by atoms with van der Waals surface area (Å²) >= 11 is 15.5. The number of nitrogens with zero attached hydrogens (tertiary/aromatic N) is 2. The van der Waals surface area contributed by atoms with E-state index < -0.39 is 0 Å². The SMILES string of the molecule is Clc1cc(Cl)c2nc(-c3cccc(Br)c3)cn2c1. The second-order valence-electron chi connectivity index (χ2n) is 3.87. The van der Waals surface area contributed by atoms with E-state index in [0.717, 1.165) is 15.7 Å². The second kappa shape index (κ2) is 4.57. The Morgan fingerprint density at radius 2 is 1.94 bits per heavy atom. The van der Waals surface area contributed by atoms with E-state index in [2.05, 4.69) is 20.9 Å². The molecule has 0 radical (unpaired) electrons. The Labute approximate surface area is 122 Å². The summed E-state index contributed by atoms with van der Waals surface area (Å²) in [4.78, 5) is 4.52. The molecule has 3 aromatic rings. The lowest BCUT2D eigenvalue weighted by Crippen LogP contribution is -1.82. The number of halogens is 3. The molecule has 2 heterocycles. The molecule has 0 aliphatic rings. The molecule has 0 saturated heterocycles. The van der Waals surface area contributed by atoms with Crippen LogP contribution >= 0.6 is 39.1 Å². The zero-order chi connectivity index (χ0) is 12.7. The molecular formula is C13H7BrCl2N2. The van der Waals surface area contributed by atoms with E-state index >= 15 is 0 Å². The Kier molecular flexibility index (Phi) is 3.06. The van der Waals surface area contributed by atoms with Crippen LogP contribution in [0.5, 0.6) is 0 Å². The van der Waals surface area contributed by atoms with Gasteiger partial charge in [-0.25, -0.2) is 4.98 Å². The Hall–Kier alpha value is -1.03. The van der Waals surface area contributed by atoms with Gasteiger partial charge in [-0.05, 0) is 18.2 Å². The van der Waals surface area contributed by atoms with E-state index in [4.69, 9.17) is 23.2 Å². The van der Waals surface area contributed by atoms with Crippen LogP contribution < -0.4 is 0 Å². The van der Waals surface area contributed by atoms with Gasteiger partial charge in [-0.3, -0.25) is 0 Å². The van der Waals surface area contributed by atoms with E-state index in [0.29, 0.717) is 15.7 Å². The first kappa shape index (κ1) is 12.0. The van der Waals surface area contributed by atoms with E-state index in [1.54, 1.807) is 12.3 Å². The zero-order valence-electron chi connectivity index (χ0n) is 9.07. The van der Waals surface area contributed by atoms with Crippen LogP contribution in [-0.2, 0) is 0 Å². The standard InChI is InChI=1S/C13H7BrCl2N2/c14-9-3-1-2-8(4-9)12-7-18-6-10(15)5-11(16)13(18)17-12/h1-7H. The van der Waals surface area contributed by atoms with Crippen molar-refractivity contribution in [1.82, 2.24) is 9.38 Å². The first-order valence-electron chi connectivity index (χ1n) is 5.23. The molecule has 0 atom stereocenters. The Morgan fingerprint density at radius 3 is 2.72 bits per heavy atom. The largest absolute Gasteiger partial charge is 0.304 e. The monoisotopic (exact) mass is 340 g/mol. The summed E-state index contributed by atoms with van der Waals surface area (Å²) in [5.74, 6) is 0. The predicted molar refractivity (Wildman–Crippen MR) is 78.3 cm³/mol. The Bertz CT molecular complexity index is 737. The number of imidazole rings is 1. The van der Waals surface area contributed by atoms with Crippen molar-refractivity contribution in [2.24, 2.45) is 0 Å². The lowest BCUT2D eigenvalue weighted by atomic mass is 10.2. The average molecular weight is 342 g/mol. The maximum atomic E-state index is 6.12. The molecule has 0 aliphatic heterocycles. The fraction of sp³-hybridized carbons (Fsp3) is 0. The van der Waals surface area contributed by atoms with Crippen molar-refractivity contribution >= 4 is 44.8 Å². The third kappa shape index (κ3) is 2.14. The highest BCUT2D eigenvalue weighted by atomic mass is 79.9. The maximum absolute atomic E-state index is 6.12. The van der Waals surface area contributed by atoms with Gasteiger partial charge in [0.15, 0.2) is 5.65 Å². The molecule has 0 fully saturated rings. The van der Waals surface area contributed by atoms with Gasteiger partial charge in [-0.15, -0.1) is 0 Å². The highest BCUT2D eigenvalue weighted by molar-refractivity contribution is 9.10. The van der Waals surface area contributed by atoms with Gasteiger partial charge in [0.05, 0.1) is 15.7 Å². The van der Waals surface area contributed by atoms with Crippen LogP contribution in [0.1, 0.15) is 0 Å². The van der Waals surface area contributed by atoms with Crippen molar-refractivity contribution in [2.75, 3.05) is 0 Å². The number of hydrogen-bond acceptors (Lipinski definition) is 1. The van der Waals surface area contributed by atoms with Crippen molar-refractivity contribution in [3.8, 4) is 11.3 Å². The molecule has 0 aliphatic carbocycles. The summed E-state index contributed by atoms with van der Waals surface area (Å²) in [6, 6.07) is 9.65. The first-order chi connectivity index (χ1) is 8.63. The molecule has 2 aromatic heterocycles. The van der Waals surface area contributed by atoms with Gasteiger partial charge in [0.25, 0.3) is 0 Å². The molecule has 0 spiro atoms. The smallest absolute Gasteiger partial charge is 0.156 e. The summed E-state index contributed by atoms with van der Waals surface area (Å²) in [5, 5.41) is 1.13. The number of benzene rings is 1. The molecule has 0 N–H and O–H groups in total. The topological polar surface area (TPSA) is 17.3 Å². The van der Waals surface area contributed by atoms with Crippen LogP contribution in [0, 0.1) is 0 Å². The van der Waals surface area contributed by atoms with Crippen molar-refractivity contribution in [1.29, 1.82) is 0 Å². The van der Waals surface area contributed by atoms with Crippen molar-refractivity contribution in [3.05, 3.63) is 57.2 Å². The minimum Gasteiger partial charge on any atom is -0.304 e. The Balaban J connectivity index is 2.22. The fourth-order valence-electron chi connectivity index (χ4n) is 1.81. The third-order valence-electron chi connectivity index (χ3n) is 2.59. The van der Waals surface area contributed by atoms with E-state index in [1.165, 1.54) is 0 Å². The molecule has 18 heavy (non-hydrogen) atoms. The summed E-state index contributed by atoms with van der Waals surface area (Å²) in [7, 11) is 0. The summed E-state index contributed by atoms with van der Waals surface area (Å²) in [6.07, 6.45) is 3.70. The van der Waals surface area contributed by atoms with Crippen LogP contribution in [0.25, 0.3) is 16.9 Å². The van der Waals surface area contributed by atoms with E-state index in [1.807, 2.05) is 34.9 Å². The number of pyridine rings is 1. The summed E-state index contributed by atoms with van der Waals surface area (Å²) in [5.41, 5.74) is 2.59. The second-order valence-corrected chi connectivity index (χ2v) is 5.63. The quantitative estimate of drug-likeness (QED) is 0.604. The number of hydrogen-bond donors (Lipinski definition) is 0. The number of aromatic nitrogens is 2. The fourth-order valence-corrected chi connectivity index (χ4v) is 2.74. The summed E-state index contributed by atoms with van der Waals surface area (Å²) < 4.78 is 2.85. The molecule has 0 bridgehead atoms. The van der Waals surface area contributed by atoms with Crippen LogP contribution in [-0.4, -0.2) is 9.38 Å². The van der Waals surface area contributed by atoms with Crippen molar-refractivity contribution in [3.63, 3.8) is 0 Å². The maximum Gasteiger partial charge on any atom is 0.156 e. The van der Waals surface area contributed by atoms with Gasteiger partial charge in [0, 0.05) is 22.4 Å². The minimum absolute atomic E-state index is 0.545. The Morgan fingerprint density at radius 1 is 1.11 bits per heavy atom. The van der Waals surface area contributed by atoms with Crippen LogP contribution in [0.3, 0.4) is 0 Å². The van der Waals surface area contributed by atoms with Gasteiger partial charge < -0.3 is 4.40 Å². The molecule has 0 amide bonds. The highest BCUT2D eigenvalue weighted by Crippen LogP contribution is 2.27. The molecule has 90 valence electrons. The van der Waals surface area contributed by atoms with Crippen LogP contribution in [0.2, 0.25) is 10.0 Å². The zero-order valence-corrected chi connectivity index (χ0v) is 12.2. The molecular weight excluding hydrogens is 335 g/mol. The van der Waals surface area contributed by atoms with Gasteiger partial charge in [0.1, 0.15) is 0 Å². The number of fused-ring (bicyclic) bond motifs is 1. The van der Waals surface area contributed by atoms with Crippen LogP contribution in [0.4, 0.5) is 0 Å². The van der Waals surface area contributed by atoms with Crippen molar-refractivity contribution < 1.29 is 0 Å². The summed E-state index contributed by atoms with van der Waals surface area (Å²) in [6.45, 7) is 0. The van der Waals surface area contributed by atoms with Crippen molar-refractivity contribution in [2.45, 2.75) is 0 Å². The normalized spacial score (nSPS) is 11.1. The minimum atomic E-state index is 0.545. The third-order valence-corrected chi connectivity index (χ3v) is 3.57. The predicted octanol–water partition coefficient (Wildman–Crippen LogP) is 5.07. The first-order valence-corrected chi connectivity index (χ1v) is 6.78.